The second-order valence-corrected chi connectivity index (χ2v) is 5.10. The van der Waals surface area contributed by atoms with Crippen molar-refractivity contribution in [3.05, 3.63) is 51.5 Å². The van der Waals surface area contributed by atoms with Crippen LogP contribution >= 0.6 is 0 Å². The van der Waals surface area contributed by atoms with E-state index in [1.807, 2.05) is 0 Å². The fourth-order valence-electron chi connectivity index (χ4n) is 2.61. The Morgan fingerprint density at radius 2 is 2.20 bits per heavy atom. The summed E-state index contributed by atoms with van der Waals surface area (Å²) in [6.07, 6.45) is 2.94. The van der Waals surface area contributed by atoms with E-state index in [0.29, 0.717) is 12.1 Å². The van der Waals surface area contributed by atoms with Crippen LogP contribution in [-0.4, -0.2) is 14.3 Å². The van der Waals surface area contributed by atoms with Crippen molar-refractivity contribution in [3.8, 4) is 0 Å². The Morgan fingerprint density at radius 3 is 2.95 bits per heavy atom. The third-order valence-electron chi connectivity index (χ3n) is 3.69. The third kappa shape index (κ3) is 2.27. The van der Waals surface area contributed by atoms with Gasteiger partial charge in [0.05, 0.1) is 6.54 Å². The van der Waals surface area contributed by atoms with Gasteiger partial charge in [-0.2, -0.15) is 5.10 Å². The lowest BCUT2D eigenvalue weighted by atomic mass is 10.1. The van der Waals surface area contributed by atoms with Crippen LogP contribution in [0, 0.1) is 5.82 Å². The second-order valence-electron chi connectivity index (χ2n) is 5.10. The average molecular weight is 276 g/mol. The minimum Gasteiger partial charge on any atom is -0.326 e. The highest BCUT2D eigenvalue weighted by atomic mass is 19.1. The minimum atomic E-state index is -0.312. The Balaban J connectivity index is 1.92. The predicted octanol–water partition coefficient (Wildman–Crippen LogP) is 1.03. The number of hydrogen-bond donors (Lipinski definition) is 1. The van der Waals surface area contributed by atoms with Gasteiger partial charge >= 0.3 is 5.69 Å². The van der Waals surface area contributed by atoms with Gasteiger partial charge in [-0.25, -0.2) is 13.9 Å². The van der Waals surface area contributed by atoms with Gasteiger partial charge in [-0.3, -0.25) is 4.57 Å². The molecule has 1 aromatic heterocycles. The molecule has 0 saturated carbocycles. The highest BCUT2D eigenvalue weighted by Crippen LogP contribution is 2.12. The third-order valence-corrected chi connectivity index (χ3v) is 3.69. The summed E-state index contributed by atoms with van der Waals surface area (Å²) in [5.74, 6) is 0.537. The fourth-order valence-corrected chi connectivity index (χ4v) is 2.61. The molecule has 0 saturated heterocycles. The maximum absolute atomic E-state index is 13.4. The summed E-state index contributed by atoms with van der Waals surface area (Å²) in [4.78, 5) is 12.2. The van der Waals surface area contributed by atoms with E-state index in [4.69, 9.17) is 5.73 Å². The van der Waals surface area contributed by atoms with Crippen molar-refractivity contribution in [1.29, 1.82) is 0 Å². The van der Waals surface area contributed by atoms with Crippen molar-refractivity contribution in [2.45, 2.75) is 38.9 Å². The standard InChI is InChI=1S/C14H17FN4O/c15-12-5-4-10(7-11(12)8-16)9-19-14(20)18-6-2-1-3-13(18)17-19/h4-5,7H,1-3,6,8-9,16H2. The molecule has 0 aliphatic carbocycles. The molecule has 3 rings (SSSR count). The van der Waals surface area contributed by atoms with Crippen LogP contribution in [-0.2, 0) is 26.1 Å². The number of hydrogen-bond acceptors (Lipinski definition) is 3. The quantitative estimate of drug-likeness (QED) is 0.910. The van der Waals surface area contributed by atoms with E-state index in [0.717, 1.165) is 37.2 Å². The highest BCUT2D eigenvalue weighted by Gasteiger charge is 2.16. The van der Waals surface area contributed by atoms with Gasteiger partial charge in [0.15, 0.2) is 0 Å². The smallest absolute Gasteiger partial charge is 0.326 e. The topological polar surface area (TPSA) is 65.8 Å². The molecule has 106 valence electrons. The van der Waals surface area contributed by atoms with Crippen LogP contribution in [0.15, 0.2) is 23.0 Å². The van der Waals surface area contributed by atoms with E-state index in [1.54, 1.807) is 16.7 Å². The Hall–Kier alpha value is -1.95. The number of nitrogens with zero attached hydrogens (tertiary/aromatic N) is 3. The Bertz CT molecular complexity index is 689. The molecule has 20 heavy (non-hydrogen) atoms. The first-order valence-electron chi connectivity index (χ1n) is 6.83. The molecule has 0 amide bonds. The van der Waals surface area contributed by atoms with Crippen LogP contribution in [0.25, 0.3) is 0 Å². The summed E-state index contributed by atoms with van der Waals surface area (Å²) in [7, 11) is 0. The number of nitrogens with two attached hydrogens (primary N) is 1. The molecule has 0 spiro atoms. The molecule has 6 heteroatoms. The minimum absolute atomic E-state index is 0.0849. The number of benzene rings is 1. The molecule has 1 aromatic carbocycles. The summed E-state index contributed by atoms with van der Waals surface area (Å²) >= 11 is 0. The number of rotatable bonds is 3. The van der Waals surface area contributed by atoms with Crippen LogP contribution in [0.3, 0.4) is 0 Å². The SMILES string of the molecule is NCc1cc(Cn2nc3n(c2=O)CCCC3)ccc1F. The van der Waals surface area contributed by atoms with Crippen LogP contribution in [0.2, 0.25) is 0 Å². The van der Waals surface area contributed by atoms with E-state index in [2.05, 4.69) is 5.10 Å². The van der Waals surface area contributed by atoms with Crippen molar-refractivity contribution in [2.75, 3.05) is 0 Å². The largest absolute Gasteiger partial charge is 0.346 e. The zero-order chi connectivity index (χ0) is 14.1. The summed E-state index contributed by atoms with van der Waals surface area (Å²) in [6, 6.07) is 4.75. The van der Waals surface area contributed by atoms with E-state index >= 15 is 0 Å². The van der Waals surface area contributed by atoms with Gasteiger partial charge in [0.1, 0.15) is 11.6 Å². The van der Waals surface area contributed by atoms with Crippen molar-refractivity contribution in [3.63, 3.8) is 0 Å². The summed E-state index contributed by atoms with van der Waals surface area (Å²) < 4.78 is 16.6. The number of aromatic nitrogens is 3. The van der Waals surface area contributed by atoms with E-state index in [9.17, 15) is 9.18 Å². The first kappa shape index (κ1) is 13.1. The molecular weight excluding hydrogens is 259 g/mol. The summed E-state index contributed by atoms with van der Waals surface area (Å²) in [6.45, 7) is 1.24. The molecule has 5 nitrogen and oxygen atoms in total. The van der Waals surface area contributed by atoms with Gasteiger partial charge in [-0.15, -0.1) is 0 Å². The van der Waals surface area contributed by atoms with Gasteiger partial charge in [-0.05, 0) is 30.5 Å². The Kier molecular flexibility index (Phi) is 3.40. The average Bonchev–Trinajstić information content (AvgIpc) is 2.78. The number of fused-ring (bicyclic) bond motifs is 1. The zero-order valence-electron chi connectivity index (χ0n) is 11.2. The maximum Gasteiger partial charge on any atom is 0.346 e. The van der Waals surface area contributed by atoms with Crippen LogP contribution in [0.5, 0.6) is 0 Å². The molecule has 2 aromatic rings. The first-order valence-corrected chi connectivity index (χ1v) is 6.83. The van der Waals surface area contributed by atoms with Gasteiger partial charge < -0.3 is 5.73 Å². The van der Waals surface area contributed by atoms with Gasteiger partial charge in [0, 0.05) is 25.1 Å². The molecule has 2 heterocycles. The van der Waals surface area contributed by atoms with Crippen molar-refractivity contribution >= 4 is 0 Å². The molecule has 1 aliphatic heterocycles. The van der Waals surface area contributed by atoms with Gasteiger partial charge in [0.25, 0.3) is 0 Å². The van der Waals surface area contributed by atoms with Gasteiger partial charge in [-0.1, -0.05) is 6.07 Å². The van der Waals surface area contributed by atoms with Crippen molar-refractivity contribution in [2.24, 2.45) is 5.73 Å². The molecule has 0 bridgehead atoms. The molecule has 1 aliphatic rings. The van der Waals surface area contributed by atoms with Crippen LogP contribution in [0.4, 0.5) is 4.39 Å². The molecule has 0 radical (unpaired) electrons. The lowest BCUT2D eigenvalue weighted by Crippen LogP contribution is -2.27. The summed E-state index contributed by atoms with van der Waals surface area (Å²) in [5, 5.41) is 4.37. The lowest BCUT2D eigenvalue weighted by Gasteiger charge is -2.09. The fraction of sp³-hybridized carbons (Fsp3) is 0.429. The van der Waals surface area contributed by atoms with Gasteiger partial charge in [0.2, 0.25) is 0 Å². The number of halogens is 1. The normalized spacial score (nSPS) is 14.3. The van der Waals surface area contributed by atoms with Crippen molar-refractivity contribution < 1.29 is 4.39 Å². The maximum atomic E-state index is 13.4. The first-order chi connectivity index (χ1) is 9.69. The molecule has 0 fully saturated rings. The molecule has 2 N–H and O–H groups in total. The van der Waals surface area contributed by atoms with Crippen LogP contribution in [0.1, 0.15) is 29.8 Å². The van der Waals surface area contributed by atoms with Crippen molar-refractivity contribution in [1.82, 2.24) is 14.3 Å². The molecular formula is C14H17FN4O. The predicted molar refractivity (Wildman–Crippen MR) is 72.8 cm³/mol. The van der Waals surface area contributed by atoms with E-state index in [-0.39, 0.29) is 18.1 Å². The summed E-state index contributed by atoms with van der Waals surface area (Å²) in [5.41, 5.74) is 6.70. The zero-order valence-corrected chi connectivity index (χ0v) is 11.2. The Labute approximate surface area is 115 Å². The van der Waals surface area contributed by atoms with E-state index < -0.39 is 0 Å². The van der Waals surface area contributed by atoms with Crippen LogP contribution < -0.4 is 11.4 Å². The number of aryl methyl sites for hydroxylation is 1. The molecule has 0 atom stereocenters. The lowest BCUT2D eigenvalue weighted by molar-refractivity contribution is 0.511. The monoisotopic (exact) mass is 276 g/mol. The molecule has 0 unspecified atom stereocenters. The highest BCUT2D eigenvalue weighted by molar-refractivity contribution is 5.25. The van der Waals surface area contributed by atoms with E-state index in [1.165, 1.54) is 10.7 Å². The second kappa shape index (κ2) is 5.20. The Morgan fingerprint density at radius 1 is 1.35 bits per heavy atom.